The van der Waals surface area contributed by atoms with E-state index in [9.17, 15) is 9.59 Å². The average Bonchev–Trinajstić information content (AvgIpc) is 2.95. The molecule has 0 aliphatic heterocycles. The molecule has 0 aliphatic rings. The molecule has 0 N–H and O–H groups in total. The highest BCUT2D eigenvalue weighted by Crippen LogP contribution is 2.25. The van der Waals surface area contributed by atoms with Crippen LogP contribution in [0.15, 0.2) is 24.3 Å². The van der Waals surface area contributed by atoms with Crippen LogP contribution in [-0.2, 0) is 0 Å². The molecule has 0 spiro atoms. The van der Waals surface area contributed by atoms with E-state index in [0.717, 1.165) is 27.6 Å². The lowest BCUT2D eigenvalue weighted by atomic mass is 10.3. The van der Waals surface area contributed by atoms with E-state index in [1.54, 1.807) is 24.3 Å². The number of imide groups is 1. The lowest BCUT2D eigenvalue weighted by Gasteiger charge is -2.12. The van der Waals surface area contributed by atoms with Gasteiger partial charge in [0.1, 0.15) is 0 Å². The molecule has 2 amide bonds. The van der Waals surface area contributed by atoms with Crippen LogP contribution >= 0.6 is 45.9 Å². The summed E-state index contributed by atoms with van der Waals surface area (Å²) in [5, 5.41) is 0. The van der Waals surface area contributed by atoms with Crippen molar-refractivity contribution in [3.8, 4) is 0 Å². The van der Waals surface area contributed by atoms with E-state index in [1.807, 2.05) is 0 Å². The van der Waals surface area contributed by atoms with Crippen LogP contribution in [0.2, 0.25) is 8.67 Å². The van der Waals surface area contributed by atoms with Crippen molar-refractivity contribution in [2.24, 2.45) is 0 Å². The number of carbonyl (C=O) groups excluding carboxylic acids is 2. The molecule has 2 aromatic heterocycles. The Morgan fingerprint density at radius 1 is 0.944 bits per heavy atom. The molecule has 0 saturated carbocycles. The van der Waals surface area contributed by atoms with E-state index in [2.05, 4.69) is 0 Å². The standard InChI is InChI=1S/C11H7Cl2NO2S2/c1-14(10(15)6-2-4-8(12)17-6)11(16)7-3-5-9(13)18-7/h2-5H,1H3. The Hall–Kier alpha value is -0.880. The molecule has 0 atom stereocenters. The van der Waals surface area contributed by atoms with Crippen molar-refractivity contribution >= 4 is 57.7 Å². The lowest BCUT2D eigenvalue weighted by Crippen LogP contribution is -2.32. The number of hydrogen-bond donors (Lipinski definition) is 0. The highest BCUT2D eigenvalue weighted by atomic mass is 35.5. The molecular weight excluding hydrogens is 313 g/mol. The van der Waals surface area contributed by atoms with Gasteiger partial charge in [-0.3, -0.25) is 14.5 Å². The summed E-state index contributed by atoms with van der Waals surface area (Å²) in [7, 11) is 1.44. The summed E-state index contributed by atoms with van der Waals surface area (Å²) >= 11 is 13.8. The largest absolute Gasteiger partial charge is 0.276 e. The summed E-state index contributed by atoms with van der Waals surface area (Å²) in [5.41, 5.74) is 0. The SMILES string of the molecule is CN(C(=O)c1ccc(Cl)s1)C(=O)c1ccc(Cl)s1. The molecule has 3 nitrogen and oxygen atoms in total. The van der Waals surface area contributed by atoms with Crippen LogP contribution in [0.25, 0.3) is 0 Å². The van der Waals surface area contributed by atoms with Crippen molar-refractivity contribution in [2.75, 3.05) is 7.05 Å². The minimum atomic E-state index is -0.374. The zero-order chi connectivity index (χ0) is 13.3. The second kappa shape index (κ2) is 5.40. The molecule has 0 aliphatic carbocycles. The Bertz CT molecular complexity index is 553. The van der Waals surface area contributed by atoms with Gasteiger partial charge in [0, 0.05) is 7.05 Å². The number of thiophene rings is 2. The second-order valence-electron chi connectivity index (χ2n) is 3.38. The fourth-order valence-corrected chi connectivity index (χ4v) is 3.32. The van der Waals surface area contributed by atoms with Gasteiger partial charge in [0.15, 0.2) is 0 Å². The van der Waals surface area contributed by atoms with Gasteiger partial charge in [0.2, 0.25) is 0 Å². The van der Waals surface area contributed by atoms with Crippen LogP contribution in [0.4, 0.5) is 0 Å². The topological polar surface area (TPSA) is 37.4 Å². The number of halogens is 2. The van der Waals surface area contributed by atoms with Crippen LogP contribution < -0.4 is 0 Å². The highest BCUT2D eigenvalue weighted by Gasteiger charge is 2.22. The third-order valence-electron chi connectivity index (χ3n) is 2.18. The molecule has 0 radical (unpaired) electrons. The second-order valence-corrected chi connectivity index (χ2v) is 6.81. The summed E-state index contributed by atoms with van der Waals surface area (Å²) in [6, 6.07) is 6.45. The number of hydrogen-bond acceptors (Lipinski definition) is 4. The first-order chi connectivity index (χ1) is 8.49. The molecule has 94 valence electrons. The third-order valence-corrected chi connectivity index (χ3v) is 4.62. The predicted octanol–water partition coefficient (Wildman–Crippen LogP) is 4.03. The van der Waals surface area contributed by atoms with Gasteiger partial charge in [-0.05, 0) is 24.3 Å². The van der Waals surface area contributed by atoms with E-state index in [0.29, 0.717) is 18.4 Å². The zero-order valence-corrected chi connectivity index (χ0v) is 12.3. The molecular formula is C11H7Cl2NO2S2. The van der Waals surface area contributed by atoms with Crippen LogP contribution in [0.3, 0.4) is 0 Å². The molecule has 2 aromatic rings. The van der Waals surface area contributed by atoms with E-state index in [-0.39, 0.29) is 11.8 Å². The first kappa shape index (κ1) is 13.5. The van der Waals surface area contributed by atoms with E-state index in [4.69, 9.17) is 23.2 Å². The van der Waals surface area contributed by atoms with Gasteiger partial charge in [-0.15, -0.1) is 22.7 Å². The summed E-state index contributed by atoms with van der Waals surface area (Å²) in [5.74, 6) is -0.747. The summed E-state index contributed by atoms with van der Waals surface area (Å²) in [6.45, 7) is 0. The maximum absolute atomic E-state index is 12.0. The highest BCUT2D eigenvalue weighted by molar-refractivity contribution is 7.18. The minimum Gasteiger partial charge on any atom is -0.276 e. The van der Waals surface area contributed by atoms with Crippen LogP contribution in [0.5, 0.6) is 0 Å². The minimum absolute atomic E-state index is 0.374. The number of nitrogens with zero attached hydrogens (tertiary/aromatic N) is 1. The zero-order valence-electron chi connectivity index (χ0n) is 9.15. The van der Waals surface area contributed by atoms with Crippen molar-refractivity contribution in [3.05, 3.63) is 42.7 Å². The molecule has 2 heterocycles. The van der Waals surface area contributed by atoms with Crippen LogP contribution in [0.1, 0.15) is 19.3 Å². The first-order valence-corrected chi connectivity index (χ1v) is 7.21. The Balaban J connectivity index is 2.19. The quantitative estimate of drug-likeness (QED) is 0.784. The Morgan fingerprint density at radius 2 is 1.33 bits per heavy atom. The normalized spacial score (nSPS) is 10.4. The molecule has 2 rings (SSSR count). The first-order valence-electron chi connectivity index (χ1n) is 4.82. The number of carbonyl (C=O) groups is 2. The van der Waals surface area contributed by atoms with Crippen molar-refractivity contribution in [1.82, 2.24) is 4.90 Å². The maximum Gasteiger partial charge on any atom is 0.270 e. The van der Waals surface area contributed by atoms with Crippen LogP contribution in [0, 0.1) is 0 Å². The maximum atomic E-state index is 12.0. The molecule has 18 heavy (non-hydrogen) atoms. The Labute approximate surface area is 122 Å². The van der Waals surface area contributed by atoms with E-state index < -0.39 is 0 Å². The predicted molar refractivity (Wildman–Crippen MR) is 75.1 cm³/mol. The van der Waals surface area contributed by atoms with Gasteiger partial charge < -0.3 is 0 Å². The molecule has 0 saturated heterocycles. The Kier molecular flexibility index (Phi) is 4.07. The van der Waals surface area contributed by atoms with Gasteiger partial charge in [-0.2, -0.15) is 0 Å². The van der Waals surface area contributed by atoms with Crippen LogP contribution in [-0.4, -0.2) is 23.8 Å². The van der Waals surface area contributed by atoms with E-state index in [1.165, 1.54) is 7.05 Å². The monoisotopic (exact) mass is 319 g/mol. The molecule has 0 unspecified atom stereocenters. The van der Waals surface area contributed by atoms with Crippen molar-refractivity contribution in [1.29, 1.82) is 0 Å². The average molecular weight is 320 g/mol. The van der Waals surface area contributed by atoms with Gasteiger partial charge in [-0.1, -0.05) is 23.2 Å². The van der Waals surface area contributed by atoms with Crippen molar-refractivity contribution in [3.63, 3.8) is 0 Å². The summed E-state index contributed by atoms with van der Waals surface area (Å²) < 4.78 is 1.02. The molecule has 0 aromatic carbocycles. The Morgan fingerprint density at radius 3 is 1.61 bits per heavy atom. The van der Waals surface area contributed by atoms with E-state index >= 15 is 0 Å². The van der Waals surface area contributed by atoms with Crippen molar-refractivity contribution < 1.29 is 9.59 Å². The smallest absolute Gasteiger partial charge is 0.270 e. The molecule has 0 fully saturated rings. The number of rotatable bonds is 2. The molecule has 7 heteroatoms. The fraction of sp³-hybridized carbons (Fsp3) is 0.0909. The third kappa shape index (κ3) is 2.75. The fourth-order valence-electron chi connectivity index (χ4n) is 1.28. The molecule has 0 bridgehead atoms. The van der Waals surface area contributed by atoms with Gasteiger partial charge in [0.25, 0.3) is 11.8 Å². The van der Waals surface area contributed by atoms with Crippen molar-refractivity contribution in [2.45, 2.75) is 0 Å². The lowest BCUT2D eigenvalue weighted by molar-refractivity contribution is 0.0662. The summed E-state index contributed by atoms with van der Waals surface area (Å²) in [6.07, 6.45) is 0. The van der Waals surface area contributed by atoms with Gasteiger partial charge in [-0.25, -0.2) is 0 Å². The summed E-state index contributed by atoms with van der Waals surface area (Å²) in [4.78, 5) is 25.9. The van der Waals surface area contributed by atoms with Gasteiger partial charge in [0.05, 0.1) is 18.4 Å². The van der Waals surface area contributed by atoms with Gasteiger partial charge >= 0.3 is 0 Å². The number of amides is 2.